The van der Waals surface area contributed by atoms with E-state index in [0.717, 1.165) is 25.8 Å². The average molecular weight is 774 g/mol. The Kier molecular flexibility index (Phi) is 9.91. The molecule has 1 N–H and O–H groups in total. The van der Waals surface area contributed by atoms with Crippen molar-refractivity contribution in [1.29, 1.82) is 0 Å². The van der Waals surface area contributed by atoms with E-state index in [1.165, 1.54) is 18.2 Å². The molecule has 3 saturated heterocycles. The summed E-state index contributed by atoms with van der Waals surface area (Å²) in [7, 11) is -2.31. The second kappa shape index (κ2) is 14.4. The number of aromatic hydroxyl groups is 1. The summed E-state index contributed by atoms with van der Waals surface area (Å²) in [5.74, 6) is 2.33. The Hall–Kier alpha value is -4.12. The van der Waals surface area contributed by atoms with E-state index in [-0.39, 0.29) is 59.2 Å². The van der Waals surface area contributed by atoms with Crippen LogP contribution in [0, 0.1) is 23.1 Å². The lowest BCUT2D eigenvalue weighted by molar-refractivity contribution is 0.107. The fraction of sp³-hybridized carbons (Fsp3) is 0.548. The molecule has 0 spiro atoms. The van der Waals surface area contributed by atoms with Gasteiger partial charge in [0.1, 0.15) is 61.4 Å². The summed E-state index contributed by atoms with van der Waals surface area (Å²) >= 11 is 0. The van der Waals surface area contributed by atoms with Crippen LogP contribution in [0.15, 0.2) is 24.3 Å². The number of halogens is 3. The maximum absolute atomic E-state index is 17.5. The minimum absolute atomic E-state index is 0.0328. The molecule has 13 heteroatoms. The van der Waals surface area contributed by atoms with Gasteiger partial charge < -0.3 is 24.2 Å². The normalized spacial score (nSPS) is 22.8. The van der Waals surface area contributed by atoms with E-state index >= 15 is 8.78 Å². The standard InChI is InChI=1S/C42H50F3N5O4Si/c1-24(2)55(25(3)4,26(5)6)16-11-31-33(44)10-9-27-17-30(51)18-32(34(27)31)37-36(45)38-35-39(50-14-8-15-52-21-29(50)22-53-40(35)46-37)48-41(47-38)54-23-42-12-7-13-49(42)20-28(43)19-42/h9-10,17-18,24-26,28-29,51H,7-8,12-15,19-23H2,1-6H3/t28-,29+,42+/m1/s1. The smallest absolute Gasteiger partial charge is 0.319 e. The van der Waals surface area contributed by atoms with E-state index in [1.807, 2.05) is 0 Å². The van der Waals surface area contributed by atoms with Crippen LogP contribution in [0.5, 0.6) is 17.6 Å². The first-order valence-electron chi connectivity index (χ1n) is 19.7. The number of nitrogens with zero attached hydrogens (tertiary/aromatic N) is 5. The van der Waals surface area contributed by atoms with E-state index in [9.17, 15) is 9.50 Å². The summed E-state index contributed by atoms with van der Waals surface area (Å²) in [5.41, 5.74) is 4.11. The van der Waals surface area contributed by atoms with Crippen LogP contribution in [0.3, 0.4) is 0 Å². The largest absolute Gasteiger partial charge is 0.508 e. The number of alkyl halides is 1. The van der Waals surface area contributed by atoms with Gasteiger partial charge in [-0.1, -0.05) is 53.5 Å². The number of hydrogen-bond acceptors (Lipinski definition) is 9. The summed E-state index contributed by atoms with van der Waals surface area (Å²) in [6.07, 6.45) is 1.88. The monoisotopic (exact) mass is 773 g/mol. The van der Waals surface area contributed by atoms with Gasteiger partial charge in [-0.05, 0) is 66.0 Å². The van der Waals surface area contributed by atoms with Crippen molar-refractivity contribution in [3.05, 3.63) is 41.5 Å². The number of phenolic OH excluding ortho intramolecular Hbond substituents is 1. The Labute approximate surface area is 321 Å². The molecule has 3 atom stereocenters. The molecule has 9 nitrogen and oxygen atoms in total. The van der Waals surface area contributed by atoms with Gasteiger partial charge in [0.25, 0.3) is 0 Å². The van der Waals surface area contributed by atoms with Crippen molar-refractivity contribution < 1.29 is 32.5 Å². The molecular formula is C42H50F3N5O4Si. The Morgan fingerprint density at radius 2 is 1.78 bits per heavy atom. The third kappa shape index (κ3) is 6.38. The highest BCUT2D eigenvalue weighted by molar-refractivity contribution is 6.90. The average Bonchev–Trinajstić information content (AvgIpc) is 3.49. The van der Waals surface area contributed by atoms with Crippen molar-refractivity contribution in [3.8, 4) is 40.4 Å². The second-order valence-electron chi connectivity index (χ2n) is 16.7. The summed E-state index contributed by atoms with van der Waals surface area (Å²) in [4.78, 5) is 18.5. The fourth-order valence-corrected chi connectivity index (χ4v) is 15.3. The van der Waals surface area contributed by atoms with Gasteiger partial charge in [-0.25, -0.2) is 18.2 Å². The summed E-state index contributed by atoms with van der Waals surface area (Å²) in [6.45, 7) is 16.2. The van der Waals surface area contributed by atoms with Crippen molar-refractivity contribution >= 4 is 35.6 Å². The molecule has 4 aliphatic heterocycles. The molecule has 0 aliphatic carbocycles. The van der Waals surface area contributed by atoms with Gasteiger partial charge in [-0.3, -0.25) is 4.90 Å². The first kappa shape index (κ1) is 37.8. The highest BCUT2D eigenvalue weighted by atomic mass is 28.3. The lowest BCUT2D eigenvalue weighted by Gasteiger charge is -2.38. The molecule has 0 bridgehead atoms. The molecule has 55 heavy (non-hydrogen) atoms. The Balaban J connectivity index is 1.34. The fourth-order valence-electron chi connectivity index (χ4n) is 10.1. The predicted molar refractivity (Wildman–Crippen MR) is 210 cm³/mol. The maximum atomic E-state index is 17.5. The molecule has 292 valence electrons. The minimum atomic E-state index is -2.31. The zero-order valence-corrected chi connectivity index (χ0v) is 33.5. The number of ether oxygens (including phenoxy) is 3. The number of phenols is 1. The molecule has 4 aromatic rings. The summed E-state index contributed by atoms with van der Waals surface area (Å²) in [5, 5.41) is 12.1. The summed E-state index contributed by atoms with van der Waals surface area (Å²) < 4.78 is 66.9. The number of aromatic nitrogens is 3. The van der Waals surface area contributed by atoms with Gasteiger partial charge in [-0.2, -0.15) is 9.97 Å². The van der Waals surface area contributed by atoms with E-state index < -0.39 is 31.4 Å². The quantitative estimate of drug-likeness (QED) is 0.147. The molecule has 8 rings (SSSR count). The Morgan fingerprint density at radius 3 is 2.55 bits per heavy atom. The van der Waals surface area contributed by atoms with Crippen LogP contribution in [0.25, 0.3) is 32.9 Å². The number of anilines is 1. The molecular weight excluding hydrogens is 724 g/mol. The highest BCUT2D eigenvalue weighted by Crippen LogP contribution is 2.45. The summed E-state index contributed by atoms with van der Waals surface area (Å²) in [6, 6.07) is 5.54. The topological polar surface area (TPSA) is 93.1 Å². The van der Waals surface area contributed by atoms with E-state index in [4.69, 9.17) is 24.2 Å². The van der Waals surface area contributed by atoms with Crippen molar-refractivity contribution in [2.45, 2.75) is 102 Å². The molecule has 0 amide bonds. The number of benzene rings is 2. The van der Waals surface area contributed by atoms with Crippen molar-refractivity contribution in [1.82, 2.24) is 19.9 Å². The zero-order valence-electron chi connectivity index (χ0n) is 32.5. The number of fused-ring (bicyclic) bond motifs is 4. The van der Waals surface area contributed by atoms with Crippen molar-refractivity contribution in [3.63, 3.8) is 0 Å². The lowest BCUT2D eigenvalue weighted by Crippen LogP contribution is -2.43. The van der Waals surface area contributed by atoms with Crippen molar-refractivity contribution in [2.75, 3.05) is 51.0 Å². The molecule has 0 unspecified atom stereocenters. The van der Waals surface area contributed by atoms with Gasteiger partial charge in [0, 0.05) is 37.1 Å². The third-order valence-corrected chi connectivity index (χ3v) is 18.9. The number of rotatable bonds is 7. The molecule has 4 aliphatic rings. The maximum Gasteiger partial charge on any atom is 0.319 e. The van der Waals surface area contributed by atoms with Gasteiger partial charge in [0.05, 0.1) is 23.8 Å². The Bertz CT molecular complexity index is 2190. The third-order valence-electron chi connectivity index (χ3n) is 12.6. The first-order chi connectivity index (χ1) is 26.3. The van der Waals surface area contributed by atoms with Crippen LogP contribution < -0.4 is 14.4 Å². The van der Waals surface area contributed by atoms with Crippen LogP contribution in [0.4, 0.5) is 19.0 Å². The van der Waals surface area contributed by atoms with Gasteiger partial charge in [-0.15, -0.1) is 5.54 Å². The first-order valence-corrected chi connectivity index (χ1v) is 21.9. The van der Waals surface area contributed by atoms with Gasteiger partial charge in [0.2, 0.25) is 5.88 Å². The van der Waals surface area contributed by atoms with E-state index in [1.54, 1.807) is 6.07 Å². The lowest BCUT2D eigenvalue weighted by atomic mass is 9.95. The second-order valence-corrected chi connectivity index (χ2v) is 22.3. The van der Waals surface area contributed by atoms with E-state index in [0.29, 0.717) is 71.3 Å². The molecule has 3 fully saturated rings. The molecule has 0 radical (unpaired) electrons. The molecule has 2 aromatic heterocycles. The minimum Gasteiger partial charge on any atom is -0.508 e. The van der Waals surface area contributed by atoms with Crippen LogP contribution in [-0.4, -0.2) is 96.8 Å². The Morgan fingerprint density at radius 1 is 1.00 bits per heavy atom. The van der Waals surface area contributed by atoms with E-state index in [2.05, 4.69) is 67.8 Å². The highest BCUT2D eigenvalue weighted by Gasteiger charge is 2.49. The predicted octanol–water partition coefficient (Wildman–Crippen LogP) is 8.34. The molecule has 2 aromatic carbocycles. The van der Waals surface area contributed by atoms with Crippen molar-refractivity contribution in [2.24, 2.45) is 0 Å². The van der Waals surface area contributed by atoms with Gasteiger partial charge in [0.15, 0.2) is 5.82 Å². The molecule has 0 saturated carbocycles. The number of hydrogen-bond donors (Lipinski definition) is 1. The molecule has 6 heterocycles. The van der Waals surface area contributed by atoms with Crippen LogP contribution in [0.2, 0.25) is 16.6 Å². The van der Waals surface area contributed by atoms with Crippen LogP contribution in [0.1, 0.15) is 72.8 Å². The van der Waals surface area contributed by atoms with Crippen LogP contribution in [-0.2, 0) is 4.74 Å². The van der Waals surface area contributed by atoms with Crippen LogP contribution >= 0.6 is 0 Å². The van der Waals surface area contributed by atoms with Gasteiger partial charge >= 0.3 is 6.01 Å². The SMILES string of the molecule is CC(C)[Si](C#Cc1c(F)ccc2cc(O)cc(-c3nc4c5c(nc(OC[C@@]67CCCN6C[C@H](F)C7)nc5c3F)N3CCCOC[C@H]3CO4)c12)(C(C)C)C(C)C. The zero-order chi connectivity index (χ0) is 38.8. The number of pyridine rings is 1.